The average Bonchev–Trinajstić information content (AvgIpc) is 3.34. The van der Waals surface area contributed by atoms with Crippen LogP contribution in [0.25, 0.3) is 11.4 Å². The molecule has 4 rings (SSSR count). The Bertz CT molecular complexity index is 1140. The van der Waals surface area contributed by atoms with Gasteiger partial charge >= 0.3 is 0 Å². The van der Waals surface area contributed by atoms with Gasteiger partial charge < -0.3 is 14.7 Å². The summed E-state index contributed by atoms with van der Waals surface area (Å²) in [4.78, 5) is 33.5. The monoisotopic (exact) mass is 495 g/mol. The van der Waals surface area contributed by atoms with E-state index in [9.17, 15) is 9.59 Å². The molecule has 1 aliphatic rings. The molecule has 0 spiro atoms. The summed E-state index contributed by atoms with van der Waals surface area (Å²) in [7, 11) is 0. The van der Waals surface area contributed by atoms with Crippen molar-refractivity contribution in [2.24, 2.45) is 0 Å². The number of hydrogen-bond acceptors (Lipinski definition) is 6. The highest BCUT2D eigenvalue weighted by Crippen LogP contribution is 2.19. The van der Waals surface area contributed by atoms with Crippen molar-refractivity contribution in [3.05, 3.63) is 65.0 Å². The largest absolute Gasteiger partial charge is 0.340 e. The molecule has 184 valence electrons. The minimum absolute atomic E-state index is 0.0248. The maximum Gasteiger partial charge on any atom is 0.238 e. The molecule has 2 amide bonds. The zero-order chi connectivity index (χ0) is 24.6. The van der Waals surface area contributed by atoms with Crippen LogP contribution in [0.1, 0.15) is 31.2 Å². The SMILES string of the molecule is CCc1ccccc1NC(=O)CN1CCN(C(=O)CCCc2nc(-c3ccc(Cl)cc3)no2)CC1. The molecule has 1 saturated heterocycles. The smallest absolute Gasteiger partial charge is 0.238 e. The first-order valence-electron chi connectivity index (χ1n) is 12.0. The molecule has 0 unspecified atom stereocenters. The standard InChI is InChI=1S/C26H30ClN5O3/c1-2-19-6-3-4-7-22(19)28-23(33)18-31-14-16-32(17-15-31)25(34)9-5-8-24-29-26(30-35-24)20-10-12-21(27)13-11-20/h3-4,6-7,10-13H,2,5,8-9,14-18H2,1H3,(H,28,33). The summed E-state index contributed by atoms with van der Waals surface area (Å²) in [5.74, 6) is 1.12. The molecule has 0 saturated carbocycles. The lowest BCUT2D eigenvalue weighted by atomic mass is 10.1. The molecule has 0 bridgehead atoms. The lowest BCUT2D eigenvalue weighted by Gasteiger charge is -2.34. The number of para-hydroxylation sites is 1. The van der Waals surface area contributed by atoms with Crippen LogP contribution in [-0.2, 0) is 22.4 Å². The van der Waals surface area contributed by atoms with Crippen molar-refractivity contribution >= 4 is 29.1 Å². The topological polar surface area (TPSA) is 91.6 Å². The Morgan fingerprint density at radius 2 is 1.80 bits per heavy atom. The number of piperazine rings is 1. The van der Waals surface area contributed by atoms with Gasteiger partial charge in [-0.05, 0) is 48.7 Å². The third-order valence-corrected chi connectivity index (χ3v) is 6.37. The Morgan fingerprint density at radius 1 is 1.06 bits per heavy atom. The van der Waals surface area contributed by atoms with E-state index in [4.69, 9.17) is 16.1 Å². The Balaban J connectivity index is 1.16. The second-order valence-electron chi connectivity index (χ2n) is 8.59. The second-order valence-corrected chi connectivity index (χ2v) is 9.02. The number of carbonyl (C=O) groups is 2. The van der Waals surface area contributed by atoms with Crippen LogP contribution in [0.15, 0.2) is 53.1 Å². The van der Waals surface area contributed by atoms with Gasteiger partial charge in [-0.1, -0.05) is 41.9 Å². The third-order valence-electron chi connectivity index (χ3n) is 6.12. The fourth-order valence-electron chi connectivity index (χ4n) is 4.12. The maximum absolute atomic E-state index is 12.6. The lowest BCUT2D eigenvalue weighted by molar-refractivity contribution is -0.133. The lowest BCUT2D eigenvalue weighted by Crippen LogP contribution is -2.50. The van der Waals surface area contributed by atoms with Gasteiger partial charge in [-0.15, -0.1) is 0 Å². The summed E-state index contributed by atoms with van der Waals surface area (Å²) in [6.45, 7) is 5.01. The van der Waals surface area contributed by atoms with Crippen LogP contribution in [0.3, 0.4) is 0 Å². The number of aromatic nitrogens is 2. The van der Waals surface area contributed by atoms with E-state index >= 15 is 0 Å². The predicted molar refractivity (Wildman–Crippen MR) is 135 cm³/mol. The van der Waals surface area contributed by atoms with Gasteiger partial charge in [-0.2, -0.15) is 4.98 Å². The summed E-state index contributed by atoms with van der Waals surface area (Å²) in [6.07, 6.45) is 2.48. The van der Waals surface area contributed by atoms with E-state index in [1.807, 2.05) is 41.3 Å². The third kappa shape index (κ3) is 6.90. The first-order valence-corrected chi connectivity index (χ1v) is 12.4. The van der Waals surface area contributed by atoms with E-state index in [1.54, 1.807) is 12.1 Å². The van der Waals surface area contributed by atoms with E-state index in [0.717, 1.165) is 23.2 Å². The van der Waals surface area contributed by atoms with Gasteiger partial charge in [0.2, 0.25) is 23.5 Å². The number of benzene rings is 2. The van der Waals surface area contributed by atoms with Gasteiger partial charge in [0.15, 0.2) is 0 Å². The van der Waals surface area contributed by atoms with Gasteiger partial charge in [0, 0.05) is 55.3 Å². The number of rotatable bonds is 9. The highest BCUT2D eigenvalue weighted by atomic mass is 35.5. The molecule has 2 aromatic carbocycles. The molecule has 9 heteroatoms. The van der Waals surface area contributed by atoms with Crippen molar-refractivity contribution in [3.8, 4) is 11.4 Å². The Kier molecular flexibility index (Phi) is 8.50. The van der Waals surface area contributed by atoms with Crippen LogP contribution in [0.4, 0.5) is 5.69 Å². The Hall–Kier alpha value is -3.23. The number of nitrogens with one attached hydrogen (secondary N) is 1. The first-order chi connectivity index (χ1) is 17.0. The number of nitrogens with zero attached hydrogens (tertiary/aromatic N) is 4. The normalized spacial score (nSPS) is 14.2. The van der Waals surface area contributed by atoms with E-state index in [2.05, 4.69) is 27.3 Å². The number of carbonyl (C=O) groups excluding carboxylic acids is 2. The maximum atomic E-state index is 12.6. The van der Waals surface area contributed by atoms with E-state index in [-0.39, 0.29) is 11.8 Å². The second kappa shape index (κ2) is 12.0. The molecule has 1 aliphatic heterocycles. The van der Waals surface area contributed by atoms with Gasteiger partial charge in [-0.25, -0.2) is 0 Å². The number of amides is 2. The number of anilines is 1. The summed E-state index contributed by atoms with van der Waals surface area (Å²) in [5.41, 5.74) is 2.83. The minimum atomic E-state index is -0.0248. The summed E-state index contributed by atoms with van der Waals surface area (Å²) < 4.78 is 5.32. The van der Waals surface area contributed by atoms with Crippen molar-refractivity contribution in [2.75, 3.05) is 38.0 Å². The van der Waals surface area contributed by atoms with Gasteiger partial charge in [0.05, 0.1) is 6.54 Å². The molecule has 0 aliphatic carbocycles. The molecule has 35 heavy (non-hydrogen) atoms. The van der Waals surface area contributed by atoms with Crippen LogP contribution in [0, 0.1) is 0 Å². The van der Waals surface area contributed by atoms with Crippen molar-refractivity contribution in [3.63, 3.8) is 0 Å². The molecule has 1 N–H and O–H groups in total. The van der Waals surface area contributed by atoms with Crippen LogP contribution in [0.5, 0.6) is 0 Å². The predicted octanol–water partition coefficient (Wildman–Crippen LogP) is 4.06. The molecule has 0 atom stereocenters. The molecule has 0 radical (unpaired) electrons. The van der Waals surface area contributed by atoms with Crippen LogP contribution < -0.4 is 5.32 Å². The van der Waals surface area contributed by atoms with Crippen LogP contribution >= 0.6 is 11.6 Å². The van der Waals surface area contributed by atoms with Crippen molar-refractivity contribution in [1.82, 2.24) is 19.9 Å². The van der Waals surface area contributed by atoms with Crippen LogP contribution in [-0.4, -0.2) is 64.5 Å². The molecule has 1 fully saturated rings. The van der Waals surface area contributed by atoms with Crippen molar-refractivity contribution < 1.29 is 14.1 Å². The average molecular weight is 496 g/mol. The minimum Gasteiger partial charge on any atom is -0.340 e. The van der Waals surface area contributed by atoms with Crippen molar-refractivity contribution in [1.29, 1.82) is 0 Å². The molecule has 2 heterocycles. The molecule has 8 nitrogen and oxygen atoms in total. The zero-order valence-corrected chi connectivity index (χ0v) is 20.6. The number of halogens is 1. The molecule has 3 aromatic rings. The zero-order valence-electron chi connectivity index (χ0n) is 19.9. The van der Waals surface area contributed by atoms with Gasteiger partial charge in [0.1, 0.15) is 0 Å². The summed E-state index contributed by atoms with van der Waals surface area (Å²) in [5, 5.41) is 7.67. The molecular formula is C26H30ClN5O3. The number of hydrogen-bond donors (Lipinski definition) is 1. The highest BCUT2D eigenvalue weighted by Gasteiger charge is 2.22. The van der Waals surface area contributed by atoms with E-state index in [1.165, 1.54) is 0 Å². The van der Waals surface area contributed by atoms with E-state index in [0.29, 0.717) is 68.7 Å². The van der Waals surface area contributed by atoms with Crippen LogP contribution in [0.2, 0.25) is 5.02 Å². The van der Waals surface area contributed by atoms with Crippen molar-refractivity contribution in [2.45, 2.75) is 32.6 Å². The first kappa shape index (κ1) is 24.9. The highest BCUT2D eigenvalue weighted by molar-refractivity contribution is 6.30. The summed E-state index contributed by atoms with van der Waals surface area (Å²) in [6, 6.07) is 15.1. The quantitative estimate of drug-likeness (QED) is 0.481. The summed E-state index contributed by atoms with van der Waals surface area (Å²) >= 11 is 5.92. The molecular weight excluding hydrogens is 466 g/mol. The van der Waals surface area contributed by atoms with Gasteiger partial charge in [0.25, 0.3) is 0 Å². The van der Waals surface area contributed by atoms with Gasteiger partial charge in [-0.3, -0.25) is 14.5 Å². The Labute approximate surface area is 210 Å². The fourth-order valence-corrected chi connectivity index (χ4v) is 4.25. The van der Waals surface area contributed by atoms with E-state index < -0.39 is 0 Å². The number of aryl methyl sites for hydroxylation is 2. The Morgan fingerprint density at radius 3 is 2.54 bits per heavy atom. The fraction of sp³-hybridized carbons (Fsp3) is 0.385. The molecule has 1 aromatic heterocycles.